The minimum atomic E-state index is 0. The van der Waals surface area contributed by atoms with Crippen molar-refractivity contribution in [1.29, 1.82) is 0 Å². The third-order valence-electron chi connectivity index (χ3n) is 6.94. The summed E-state index contributed by atoms with van der Waals surface area (Å²) in [7, 11) is 0. The van der Waals surface area contributed by atoms with E-state index in [0.717, 1.165) is 46.0 Å². The first kappa shape index (κ1) is 29.4. The Morgan fingerprint density at radius 2 is 1.12 bits per heavy atom. The Labute approximate surface area is 253 Å². The van der Waals surface area contributed by atoms with Crippen LogP contribution in [0.1, 0.15) is 51.0 Å². The van der Waals surface area contributed by atoms with Crippen LogP contribution in [0.4, 0.5) is 17.1 Å². The molecule has 0 amide bonds. The Morgan fingerprint density at radius 3 is 1.65 bits per heavy atom. The maximum Gasteiger partial charge on any atom is 2.00 e. The molecule has 4 heteroatoms. The van der Waals surface area contributed by atoms with Crippen molar-refractivity contribution in [1.82, 2.24) is 9.97 Å². The van der Waals surface area contributed by atoms with Gasteiger partial charge in [-0.1, -0.05) is 75.4 Å². The third-order valence-corrected chi connectivity index (χ3v) is 6.94. The summed E-state index contributed by atoms with van der Waals surface area (Å²) in [4.78, 5) is 11.3. The van der Waals surface area contributed by atoms with E-state index in [-0.39, 0.29) is 21.1 Å². The number of rotatable bonds is 12. The number of benzene rings is 3. The molecular weight excluding hydrogens is 669 g/mol. The quantitative estimate of drug-likeness (QED) is 0.0957. The summed E-state index contributed by atoms with van der Waals surface area (Å²) in [5.74, 6) is 0. The maximum absolute atomic E-state index is 4.55. The van der Waals surface area contributed by atoms with Gasteiger partial charge in [0, 0.05) is 18.1 Å². The normalized spacial score (nSPS) is 10.6. The summed E-state index contributed by atoms with van der Waals surface area (Å²) in [6, 6.07) is 40.6. The van der Waals surface area contributed by atoms with E-state index in [4.69, 9.17) is 0 Å². The molecule has 3 aromatic carbocycles. The van der Waals surface area contributed by atoms with Crippen molar-refractivity contribution in [3.63, 3.8) is 0 Å². The van der Waals surface area contributed by atoms with Crippen LogP contribution in [0.15, 0.2) is 109 Å². The Hall–Kier alpha value is -3.55. The second-order valence-corrected chi connectivity index (χ2v) is 9.85. The van der Waals surface area contributed by atoms with Crippen molar-refractivity contribution >= 4 is 17.1 Å². The zero-order chi connectivity index (χ0) is 26.7. The summed E-state index contributed by atoms with van der Waals surface area (Å²) in [5, 5.41) is 0. The van der Waals surface area contributed by atoms with Gasteiger partial charge in [-0.15, -0.1) is 59.7 Å². The molecule has 5 aromatic rings. The number of anilines is 3. The van der Waals surface area contributed by atoms with E-state index in [0.29, 0.717) is 0 Å². The fourth-order valence-electron chi connectivity index (χ4n) is 4.85. The Bertz CT molecular complexity index is 1350. The SMILES string of the molecule is CCCCCCCCc1ccc(N(c2[c-]c(-c3ccccn3)ccc2)c2[c-]c(-c3ccccn3)ccc2)cc1.[Pt+2]. The fraction of sp³-hybridized carbons (Fsp3) is 0.222. The van der Waals surface area contributed by atoms with Gasteiger partial charge in [-0.25, -0.2) is 0 Å². The second-order valence-electron chi connectivity index (χ2n) is 9.85. The van der Waals surface area contributed by atoms with Crippen LogP contribution >= 0.6 is 0 Å². The van der Waals surface area contributed by atoms with Crippen molar-refractivity contribution in [2.75, 3.05) is 4.90 Å². The summed E-state index contributed by atoms with van der Waals surface area (Å²) in [5.41, 5.74) is 8.06. The van der Waals surface area contributed by atoms with Crippen LogP contribution in [-0.2, 0) is 27.5 Å². The average Bonchev–Trinajstić information content (AvgIpc) is 3.01. The first-order valence-corrected chi connectivity index (χ1v) is 14.1. The van der Waals surface area contributed by atoms with Crippen molar-refractivity contribution < 1.29 is 21.1 Å². The first-order valence-electron chi connectivity index (χ1n) is 14.1. The molecular formula is C36H35N3Pt. The van der Waals surface area contributed by atoms with Gasteiger partial charge in [0.2, 0.25) is 0 Å². The van der Waals surface area contributed by atoms with Crippen LogP contribution < -0.4 is 4.90 Å². The molecule has 0 fully saturated rings. The van der Waals surface area contributed by atoms with Crippen LogP contribution in [0.5, 0.6) is 0 Å². The van der Waals surface area contributed by atoms with Crippen LogP contribution in [0.3, 0.4) is 0 Å². The molecule has 0 unspecified atom stereocenters. The summed E-state index contributed by atoms with van der Waals surface area (Å²) >= 11 is 0. The number of hydrogen-bond acceptors (Lipinski definition) is 3. The molecule has 5 rings (SSSR count). The van der Waals surface area contributed by atoms with Gasteiger partial charge in [0.05, 0.1) is 0 Å². The minimum absolute atomic E-state index is 0. The van der Waals surface area contributed by atoms with E-state index in [1.54, 1.807) is 0 Å². The second kappa shape index (κ2) is 15.3. The number of hydrogen-bond donors (Lipinski definition) is 0. The van der Waals surface area contributed by atoms with Crippen molar-refractivity contribution in [3.8, 4) is 22.5 Å². The zero-order valence-electron chi connectivity index (χ0n) is 23.0. The molecule has 3 nitrogen and oxygen atoms in total. The Balaban J connectivity index is 0.00000370. The van der Waals surface area contributed by atoms with Crippen LogP contribution in [0.2, 0.25) is 0 Å². The van der Waals surface area contributed by atoms with Gasteiger partial charge < -0.3 is 14.9 Å². The molecule has 0 atom stereocenters. The predicted octanol–water partition coefficient (Wildman–Crippen LogP) is 9.78. The van der Waals surface area contributed by atoms with Gasteiger partial charge >= 0.3 is 21.1 Å². The van der Waals surface area contributed by atoms with Crippen LogP contribution in [-0.4, -0.2) is 9.97 Å². The predicted molar refractivity (Wildman–Crippen MR) is 162 cm³/mol. The molecule has 0 radical (unpaired) electrons. The monoisotopic (exact) mass is 704 g/mol. The molecule has 0 bridgehead atoms. The molecule has 0 aliphatic rings. The number of aromatic nitrogens is 2. The Kier molecular flexibility index (Phi) is 11.3. The summed E-state index contributed by atoms with van der Waals surface area (Å²) in [6.07, 6.45) is 12.6. The number of aryl methyl sites for hydroxylation is 1. The molecule has 40 heavy (non-hydrogen) atoms. The third kappa shape index (κ3) is 7.77. The van der Waals surface area contributed by atoms with E-state index >= 15 is 0 Å². The number of nitrogens with zero attached hydrogens (tertiary/aromatic N) is 3. The molecule has 0 saturated heterocycles. The summed E-state index contributed by atoms with van der Waals surface area (Å²) in [6.45, 7) is 2.27. The van der Waals surface area contributed by atoms with Gasteiger partial charge in [-0.3, -0.25) is 0 Å². The van der Waals surface area contributed by atoms with Crippen LogP contribution in [0.25, 0.3) is 22.5 Å². The van der Waals surface area contributed by atoms with E-state index in [2.05, 4.69) is 94.6 Å². The molecule has 0 spiro atoms. The topological polar surface area (TPSA) is 29.0 Å². The first-order chi connectivity index (χ1) is 19.3. The summed E-state index contributed by atoms with van der Waals surface area (Å²) < 4.78 is 0. The van der Waals surface area contributed by atoms with Gasteiger partial charge in [0.25, 0.3) is 0 Å². The van der Waals surface area contributed by atoms with Crippen molar-refractivity contribution in [2.45, 2.75) is 51.9 Å². The van der Waals surface area contributed by atoms with E-state index in [1.165, 1.54) is 44.1 Å². The standard InChI is InChI=1S/C36H35N3.Pt/c1-2-3-4-5-6-7-14-29-21-23-32(24-22-29)39(33-17-12-15-30(27-33)35-19-8-10-25-37-35)34-18-13-16-31(28-34)36-20-9-11-26-38-36;/h8-13,15-26H,2-7,14H2,1H3;/q-2;+2. The fourth-order valence-corrected chi connectivity index (χ4v) is 4.85. The molecule has 0 N–H and O–H groups in total. The molecule has 0 saturated carbocycles. The van der Waals surface area contributed by atoms with Gasteiger partial charge in [0.1, 0.15) is 0 Å². The van der Waals surface area contributed by atoms with Gasteiger partial charge in [-0.2, -0.15) is 0 Å². The van der Waals surface area contributed by atoms with Crippen LogP contribution in [0, 0.1) is 12.1 Å². The molecule has 2 aromatic heterocycles. The number of pyridine rings is 2. The largest absolute Gasteiger partial charge is 2.00 e. The van der Waals surface area contributed by atoms with Gasteiger partial charge in [0.15, 0.2) is 0 Å². The average molecular weight is 705 g/mol. The van der Waals surface area contributed by atoms with Crippen molar-refractivity contribution in [2.24, 2.45) is 0 Å². The number of unbranched alkanes of at least 4 members (excludes halogenated alkanes) is 5. The van der Waals surface area contributed by atoms with Crippen molar-refractivity contribution in [3.05, 3.63) is 127 Å². The Morgan fingerprint density at radius 1 is 0.575 bits per heavy atom. The molecule has 0 aliphatic carbocycles. The zero-order valence-corrected chi connectivity index (χ0v) is 25.3. The van der Waals surface area contributed by atoms with E-state index in [9.17, 15) is 0 Å². The minimum Gasteiger partial charge on any atom is -0.346 e. The molecule has 0 aliphatic heterocycles. The van der Waals surface area contributed by atoms with Gasteiger partial charge in [-0.05, 0) is 65.4 Å². The molecule has 204 valence electrons. The van der Waals surface area contributed by atoms with E-state index < -0.39 is 0 Å². The maximum atomic E-state index is 4.55. The smallest absolute Gasteiger partial charge is 0.346 e. The molecule has 2 heterocycles. The van der Waals surface area contributed by atoms with E-state index in [1.807, 2.05) is 48.8 Å².